The number of rotatable bonds is 4. The summed E-state index contributed by atoms with van der Waals surface area (Å²) in [6.07, 6.45) is 0.513. The molecular weight excluding hydrogens is 380 g/mol. The Morgan fingerprint density at radius 3 is 2.57 bits per heavy atom. The van der Waals surface area contributed by atoms with Crippen LogP contribution >= 0.6 is 11.3 Å². The second kappa shape index (κ2) is 8.12. The molecule has 8 heteroatoms. The lowest BCUT2D eigenvalue weighted by atomic mass is 9.93. The van der Waals surface area contributed by atoms with Crippen LogP contribution in [0, 0.1) is 0 Å². The molecule has 0 radical (unpaired) electrons. The largest absolute Gasteiger partial charge is 0.465 e. The van der Waals surface area contributed by atoms with Gasteiger partial charge in [-0.1, -0.05) is 30.3 Å². The molecule has 0 atom stereocenters. The second-order valence-electron chi connectivity index (χ2n) is 7.05. The molecule has 2 aromatic rings. The maximum absolute atomic E-state index is 12.3. The lowest BCUT2D eigenvalue weighted by molar-refractivity contribution is -0.136. The fraction of sp³-hybridized carbons (Fsp3) is 0.350. The Bertz CT molecular complexity index is 905. The van der Waals surface area contributed by atoms with Gasteiger partial charge in [-0.3, -0.25) is 9.59 Å². The number of amides is 2. The molecule has 0 saturated heterocycles. The third kappa shape index (κ3) is 4.40. The van der Waals surface area contributed by atoms with Crippen molar-refractivity contribution in [3.05, 3.63) is 51.9 Å². The van der Waals surface area contributed by atoms with Crippen molar-refractivity contribution >= 4 is 34.1 Å². The summed E-state index contributed by atoms with van der Waals surface area (Å²) in [7, 11) is 1.29. The van der Waals surface area contributed by atoms with Crippen LogP contribution in [-0.2, 0) is 38.6 Å². The number of esters is 1. The van der Waals surface area contributed by atoms with Crippen molar-refractivity contribution in [1.29, 1.82) is 0 Å². The summed E-state index contributed by atoms with van der Waals surface area (Å²) < 4.78 is 10.7. The van der Waals surface area contributed by atoms with Crippen molar-refractivity contribution in [1.82, 2.24) is 5.32 Å². The maximum atomic E-state index is 12.3. The molecule has 0 fully saturated rings. The first-order valence-electron chi connectivity index (χ1n) is 8.80. The normalized spacial score (nSPS) is 14.7. The van der Waals surface area contributed by atoms with Gasteiger partial charge in [-0.15, -0.1) is 11.3 Å². The fourth-order valence-electron chi connectivity index (χ4n) is 2.98. The molecule has 1 aliphatic heterocycles. The Kier molecular flexibility index (Phi) is 5.81. The van der Waals surface area contributed by atoms with Gasteiger partial charge in [-0.2, -0.15) is 0 Å². The molecule has 0 unspecified atom stereocenters. The molecule has 1 aliphatic rings. The second-order valence-corrected chi connectivity index (χ2v) is 8.15. The van der Waals surface area contributed by atoms with Gasteiger partial charge in [0, 0.05) is 17.8 Å². The molecule has 2 N–H and O–H groups in total. The molecule has 2 amide bonds. The molecule has 0 spiro atoms. The van der Waals surface area contributed by atoms with Crippen LogP contribution in [0.15, 0.2) is 30.3 Å². The number of hydrogen-bond acceptors (Lipinski definition) is 6. The van der Waals surface area contributed by atoms with E-state index in [-0.39, 0.29) is 6.54 Å². The minimum atomic E-state index is -0.833. The number of hydrogen-bond donors (Lipinski definition) is 2. The highest BCUT2D eigenvalue weighted by atomic mass is 32.1. The van der Waals surface area contributed by atoms with E-state index in [1.165, 1.54) is 18.4 Å². The number of benzene rings is 1. The van der Waals surface area contributed by atoms with Crippen LogP contribution in [0.3, 0.4) is 0 Å². The van der Waals surface area contributed by atoms with E-state index in [9.17, 15) is 14.4 Å². The SMILES string of the molecule is COC(=O)c1c(NC(=O)C(=O)NCc2ccccc2)sc2c1CC(C)(C)OC2. The van der Waals surface area contributed by atoms with Crippen LogP contribution < -0.4 is 10.6 Å². The predicted molar refractivity (Wildman–Crippen MR) is 105 cm³/mol. The average Bonchev–Trinajstić information content (AvgIpc) is 3.02. The maximum Gasteiger partial charge on any atom is 0.341 e. The monoisotopic (exact) mass is 402 g/mol. The Balaban J connectivity index is 1.76. The molecule has 2 heterocycles. The highest BCUT2D eigenvalue weighted by Gasteiger charge is 2.34. The average molecular weight is 402 g/mol. The highest BCUT2D eigenvalue weighted by molar-refractivity contribution is 7.17. The Morgan fingerprint density at radius 1 is 1.18 bits per heavy atom. The van der Waals surface area contributed by atoms with Gasteiger partial charge in [0.05, 0.1) is 24.9 Å². The third-order valence-corrected chi connectivity index (χ3v) is 5.53. The Morgan fingerprint density at radius 2 is 1.89 bits per heavy atom. The van der Waals surface area contributed by atoms with Gasteiger partial charge in [0.15, 0.2) is 0 Å². The first-order valence-corrected chi connectivity index (χ1v) is 9.62. The third-order valence-electron chi connectivity index (χ3n) is 4.41. The summed E-state index contributed by atoms with van der Waals surface area (Å²) in [5.74, 6) is -2.15. The molecule has 148 valence electrons. The number of carbonyl (C=O) groups excluding carboxylic acids is 3. The van der Waals surface area contributed by atoms with Gasteiger partial charge >= 0.3 is 17.8 Å². The van der Waals surface area contributed by atoms with Gasteiger partial charge in [-0.25, -0.2) is 4.79 Å². The highest BCUT2D eigenvalue weighted by Crippen LogP contribution is 2.40. The minimum absolute atomic E-state index is 0.236. The first-order chi connectivity index (χ1) is 13.3. The standard InChI is InChI=1S/C20H22N2O5S/c1-20(2)9-13-14(11-27-20)28-18(15(13)19(25)26-3)22-17(24)16(23)21-10-12-7-5-4-6-8-12/h4-8H,9-11H2,1-3H3,(H,21,23)(H,22,24). The number of fused-ring (bicyclic) bond motifs is 1. The lowest BCUT2D eigenvalue weighted by Crippen LogP contribution is -2.35. The first kappa shape index (κ1) is 20.0. The van der Waals surface area contributed by atoms with E-state index in [4.69, 9.17) is 9.47 Å². The van der Waals surface area contributed by atoms with Crippen LogP contribution in [0.4, 0.5) is 5.00 Å². The quantitative estimate of drug-likeness (QED) is 0.606. The molecule has 7 nitrogen and oxygen atoms in total. The van der Waals surface area contributed by atoms with Gasteiger partial charge < -0.3 is 20.1 Å². The number of carbonyl (C=O) groups is 3. The molecule has 1 aromatic heterocycles. The number of anilines is 1. The van der Waals surface area contributed by atoms with Crippen molar-refractivity contribution in [3.63, 3.8) is 0 Å². The summed E-state index contributed by atoms with van der Waals surface area (Å²) in [6, 6.07) is 9.27. The van der Waals surface area contributed by atoms with Gasteiger partial charge in [-0.05, 0) is 25.0 Å². The van der Waals surface area contributed by atoms with Crippen molar-refractivity contribution in [3.8, 4) is 0 Å². The molecule has 28 heavy (non-hydrogen) atoms. The predicted octanol–water partition coefficient (Wildman–Crippen LogP) is 2.64. The van der Waals surface area contributed by atoms with Crippen molar-refractivity contribution < 1.29 is 23.9 Å². The summed E-state index contributed by atoms with van der Waals surface area (Å²) in [5, 5.41) is 5.43. The van der Waals surface area contributed by atoms with Gasteiger partial charge in [0.1, 0.15) is 5.00 Å². The molecule has 0 saturated carbocycles. The smallest absolute Gasteiger partial charge is 0.341 e. The summed E-state index contributed by atoms with van der Waals surface area (Å²) in [6.45, 7) is 4.45. The number of ether oxygens (including phenoxy) is 2. The van der Waals surface area contributed by atoms with Crippen LogP contribution in [0.5, 0.6) is 0 Å². The molecular formula is C20H22N2O5S. The van der Waals surface area contributed by atoms with E-state index in [0.717, 1.165) is 16.0 Å². The van der Waals surface area contributed by atoms with Crippen LogP contribution in [0.1, 0.15) is 40.2 Å². The minimum Gasteiger partial charge on any atom is -0.465 e. The van der Waals surface area contributed by atoms with Crippen molar-refractivity contribution in [2.45, 2.75) is 39.0 Å². The molecule has 0 aliphatic carbocycles. The number of thiophene rings is 1. The van der Waals surface area contributed by atoms with Gasteiger partial charge in [0.2, 0.25) is 0 Å². The summed E-state index contributed by atoms with van der Waals surface area (Å²) in [5.41, 5.74) is 1.55. The van der Waals surface area contributed by atoms with E-state index < -0.39 is 23.4 Å². The van der Waals surface area contributed by atoms with Gasteiger partial charge in [0.25, 0.3) is 0 Å². The van der Waals surface area contributed by atoms with Crippen LogP contribution in [0.25, 0.3) is 0 Å². The molecule has 0 bridgehead atoms. The van der Waals surface area contributed by atoms with E-state index in [1.54, 1.807) is 0 Å². The van der Waals surface area contributed by atoms with Crippen molar-refractivity contribution in [2.75, 3.05) is 12.4 Å². The van der Waals surface area contributed by atoms with E-state index in [1.807, 2.05) is 44.2 Å². The van der Waals surface area contributed by atoms with E-state index in [2.05, 4.69) is 10.6 Å². The Labute approximate surface area is 167 Å². The molecule has 3 rings (SSSR count). The summed E-state index contributed by atoms with van der Waals surface area (Å²) in [4.78, 5) is 37.7. The zero-order valence-electron chi connectivity index (χ0n) is 16.0. The Hall–Kier alpha value is -2.71. The van der Waals surface area contributed by atoms with Crippen molar-refractivity contribution in [2.24, 2.45) is 0 Å². The van der Waals surface area contributed by atoms with E-state index in [0.29, 0.717) is 23.6 Å². The topological polar surface area (TPSA) is 93.7 Å². The van der Waals surface area contributed by atoms with E-state index >= 15 is 0 Å². The number of nitrogens with one attached hydrogen (secondary N) is 2. The zero-order chi connectivity index (χ0) is 20.3. The number of methoxy groups -OCH3 is 1. The fourth-order valence-corrected chi connectivity index (χ4v) is 4.09. The summed E-state index contributed by atoms with van der Waals surface area (Å²) >= 11 is 1.23. The van der Waals surface area contributed by atoms with Crippen LogP contribution in [-0.4, -0.2) is 30.5 Å². The molecule has 1 aromatic carbocycles. The van der Waals surface area contributed by atoms with Crippen LogP contribution in [0.2, 0.25) is 0 Å². The zero-order valence-corrected chi connectivity index (χ0v) is 16.8. The lowest BCUT2D eigenvalue weighted by Gasteiger charge is -2.30.